The molecule has 6 heteroatoms. The van der Waals surface area contributed by atoms with Crippen LogP contribution in [0, 0.1) is 0 Å². The molecular weight excluding hydrogens is 308 g/mol. The Bertz CT molecular complexity index is 768. The van der Waals surface area contributed by atoms with E-state index in [2.05, 4.69) is 29.3 Å². The number of carboxylic acids is 1. The number of para-hydroxylation sites is 1. The van der Waals surface area contributed by atoms with Crippen molar-refractivity contribution in [2.24, 2.45) is 0 Å². The molecule has 2 atom stereocenters. The Labute approximate surface area is 140 Å². The fraction of sp³-hybridized carbons (Fsp3) is 0.333. The Morgan fingerprint density at radius 1 is 1.38 bits per heavy atom. The number of amides is 1. The van der Waals surface area contributed by atoms with Gasteiger partial charge in [0, 0.05) is 23.8 Å². The molecule has 2 unspecified atom stereocenters. The van der Waals surface area contributed by atoms with E-state index in [-0.39, 0.29) is 5.76 Å². The molecule has 2 heterocycles. The predicted octanol–water partition coefficient (Wildman–Crippen LogP) is 2.43. The second-order valence-electron chi connectivity index (χ2n) is 6.12. The van der Waals surface area contributed by atoms with Gasteiger partial charge in [-0.2, -0.15) is 0 Å². The van der Waals surface area contributed by atoms with Crippen LogP contribution in [0.1, 0.15) is 35.5 Å². The molecule has 0 aliphatic carbocycles. The Kier molecular flexibility index (Phi) is 4.29. The summed E-state index contributed by atoms with van der Waals surface area (Å²) in [6.07, 6.45) is 2.42. The monoisotopic (exact) mass is 328 g/mol. The van der Waals surface area contributed by atoms with Gasteiger partial charge >= 0.3 is 5.97 Å². The first-order valence-electron chi connectivity index (χ1n) is 7.92. The summed E-state index contributed by atoms with van der Waals surface area (Å²) < 4.78 is 5.31. The fourth-order valence-corrected chi connectivity index (χ4v) is 3.04. The van der Waals surface area contributed by atoms with Gasteiger partial charge < -0.3 is 19.7 Å². The molecule has 3 rings (SSSR count). The third-order valence-corrected chi connectivity index (χ3v) is 4.36. The minimum atomic E-state index is -1.08. The molecule has 24 heavy (non-hydrogen) atoms. The molecule has 1 amide bonds. The highest BCUT2D eigenvalue weighted by Gasteiger charge is 2.28. The molecule has 0 bridgehead atoms. The van der Waals surface area contributed by atoms with Crippen LogP contribution in [0.25, 0.3) is 0 Å². The van der Waals surface area contributed by atoms with E-state index in [1.54, 1.807) is 6.07 Å². The first-order chi connectivity index (χ1) is 11.5. The van der Waals surface area contributed by atoms with Crippen LogP contribution in [0.2, 0.25) is 0 Å². The maximum Gasteiger partial charge on any atom is 0.325 e. The van der Waals surface area contributed by atoms with Crippen molar-refractivity contribution in [1.29, 1.82) is 0 Å². The van der Waals surface area contributed by atoms with Crippen LogP contribution in [-0.4, -0.2) is 29.1 Å². The molecule has 0 saturated carbocycles. The average Bonchev–Trinajstić information content (AvgIpc) is 3.12. The summed E-state index contributed by atoms with van der Waals surface area (Å²) in [5.74, 6) is -1.43. The lowest BCUT2D eigenvalue weighted by Crippen LogP contribution is -2.38. The molecule has 0 radical (unpaired) electrons. The van der Waals surface area contributed by atoms with Gasteiger partial charge in [0.05, 0.1) is 6.26 Å². The van der Waals surface area contributed by atoms with Crippen molar-refractivity contribution in [2.45, 2.75) is 38.9 Å². The quantitative estimate of drug-likeness (QED) is 0.881. The second-order valence-corrected chi connectivity index (χ2v) is 6.12. The van der Waals surface area contributed by atoms with E-state index >= 15 is 0 Å². The number of nitrogens with zero attached hydrogens (tertiary/aromatic N) is 1. The summed E-state index contributed by atoms with van der Waals surface area (Å²) in [6, 6.07) is 9.33. The zero-order valence-corrected chi connectivity index (χ0v) is 13.7. The van der Waals surface area contributed by atoms with Crippen molar-refractivity contribution < 1.29 is 19.1 Å². The van der Waals surface area contributed by atoms with Crippen LogP contribution < -0.4 is 10.2 Å². The lowest BCUT2D eigenvalue weighted by Gasteiger charge is -2.24. The van der Waals surface area contributed by atoms with Crippen LogP contribution in [0.3, 0.4) is 0 Å². The number of anilines is 1. The number of fused-ring (bicyclic) bond motifs is 1. The predicted molar refractivity (Wildman–Crippen MR) is 89.1 cm³/mol. The number of benzene rings is 1. The maximum atomic E-state index is 12.3. The third-order valence-electron chi connectivity index (χ3n) is 4.36. The lowest BCUT2D eigenvalue weighted by molar-refractivity contribution is -0.138. The Hall–Kier alpha value is -2.76. The highest BCUT2D eigenvalue weighted by atomic mass is 16.4. The van der Waals surface area contributed by atoms with E-state index in [9.17, 15) is 9.59 Å². The first kappa shape index (κ1) is 16.1. The normalized spacial score (nSPS) is 17.4. The number of aliphatic carboxylic acids is 1. The largest absolute Gasteiger partial charge is 0.480 e. The summed E-state index contributed by atoms with van der Waals surface area (Å²) in [7, 11) is 0. The van der Waals surface area contributed by atoms with Gasteiger partial charge in [0.25, 0.3) is 5.91 Å². The Balaban J connectivity index is 1.79. The molecule has 126 valence electrons. The van der Waals surface area contributed by atoms with E-state index in [4.69, 9.17) is 9.52 Å². The van der Waals surface area contributed by atoms with Gasteiger partial charge in [0.15, 0.2) is 5.76 Å². The number of furan rings is 1. The van der Waals surface area contributed by atoms with E-state index in [0.717, 1.165) is 17.7 Å². The topological polar surface area (TPSA) is 82.8 Å². The molecule has 2 N–H and O–H groups in total. The molecule has 1 aromatic heterocycles. The van der Waals surface area contributed by atoms with Crippen LogP contribution in [-0.2, 0) is 17.8 Å². The zero-order chi connectivity index (χ0) is 17.3. The number of carbonyl (C=O) groups is 2. The zero-order valence-electron chi connectivity index (χ0n) is 13.7. The third kappa shape index (κ3) is 2.99. The molecule has 1 aliphatic heterocycles. The number of rotatable bonds is 5. The van der Waals surface area contributed by atoms with Crippen LogP contribution in [0.4, 0.5) is 5.69 Å². The van der Waals surface area contributed by atoms with Gasteiger partial charge in [-0.05, 0) is 38.0 Å². The minimum Gasteiger partial charge on any atom is -0.480 e. The number of hydrogen-bond donors (Lipinski definition) is 2. The number of carboxylic acid groups (broad SMARTS) is 1. The number of carbonyl (C=O) groups excluding carboxylic acids is 1. The number of nitrogens with one attached hydrogen (secondary N) is 1. The Morgan fingerprint density at radius 3 is 2.88 bits per heavy atom. The maximum absolute atomic E-state index is 12.3. The van der Waals surface area contributed by atoms with Gasteiger partial charge in [-0.25, -0.2) is 0 Å². The molecule has 2 aromatic rings. The van der Waals surface area contributed by atoms with Crippen LogP contribution in [0.5, 0.6) is 0 Å². The first-order valence-corrected chi connectivity index (χ1v) is 7.92. The number of hydrogen-bond acceptors (Lipinski definition) is 4. The summed E-state index contributed by atoms with van der Waals surface area (Å²) in [5.41, 5.74) is 3.20. The van der Waals surface area contributed by atoms with Crippen LogP contribution >= 0.6 is 0 Å². The molecule has 0 saturated heterocycles. The Morgan fingerprint density at radius 2 is 2.12 bits per heavy atom. The summed E-state index contributed by atoms with van der Waals surface area (Å²) in [6.45, 7) is 4.10. The van der Waals surface area contributed by atoms with Gasteiger partial charge in [0.2, 0.25) is 0 Å². The molecule has 0 fully saturated rings. The van der Waals surface area contributed by atoms with Crippen molar-refractivity contribution in [2.75, 3.05) is 4.90 Å². The fourth-order valence-electron chi connectivity index (χ4n) is 3.04. The minimum absolute atomic E-state index is 0.166. The van der Waals surface area contributed by atoms with Gasteiger partial charge in [0.1, 0.15) is 6.04 Å². The van der Waals surface area contributed by atoms with E-state index < -0.39 is 17.9 Å². The van der Waals surface area contributed by atoms with Crippen molar-refractivity contribution in [3.8, 4) is 0 Å². The SMILES string of the molecule is CC(NC(=O)c1occc1CN1c2ccccc2CC1C)C(=O)O. The van der Waals surface area contributed by atoms with Crippen molar-refractivity contribution in [3.05, 3.63) is 53.5 Å². The van der Waals surface area contributed by atoms with Crippen molar-refractivity contribution >= 4 is 17.6 Å². The smallest absolute Gasteiger partial charge is 0.325 e. The average molecular weight is 328 g/mol. The van der Waals surface area contributed by atoms with Gasteiger partial charge in [-0.15, -0.1) is 0 Å². The molecule has 6 nitrogen and oxygen atoms in total. The summed E-state index contributed by atoms with van der Waals surface area (Å²) in [5, 5.41) is 11.3. The summed E-state index contributed by atoms with van der Waals surface area (Å²) in [4.78, 5) is 25.4. The molecule has 1 aliphatic rings. The molecular formula is C18H20N2O4. The summed E-state index contributed by atoms with van der Waals surface area (Å²) >= 11 is 0. The van der Waals surface area contributed by atoms with Gasteiger partial charge in [-0.1, -0.05) is 18.2 Å². The van der Waals surface area contributed by atoms with Crippen molar-refractivity contribution in [3.63, 3.8) is 0 Å². The molecule has 0 spiro atoms. The van der Waals surface area contributed by atoms with Crippen molar-refractivity contribution in [1.82, 2.24) is 5.32 Å². The van der Waals surface area contributed by atoms with E-state index in [1.807, 2.05) is 12.1 Å². The van der Waals surface area contributed by atoms with E-state index in [1.165, 1.54) is 18.8 Å². The molecule has 1 aromatic carbocycles. The van der Waals surface area contributed by atoms with E-state index in [0.29, 0.717) is 12.6 Å². The van der Waals surface area contributed by atoms with Gasteiger partial charge in [-0.3, -0.25) is 9.59 Å². The highest BCUT2D eigenvalue weighted by Crippen LogP contribution is 2.33. The standard InChI is InChI=1S/C18H20N2O4/c1-11-9-13-5-3-4-6-15(13)20(11)10-14-7-8-24-16(14)17(21)19-12(2)18(22)23/h3-8,11-12H,9-10H2,1-2H3,(H,19,21)(H,22,23). The highest BCUT2D eigenvalue weighted by molar-refractivity contribution is 5.95. The lowest BCUT2D eigenvalue weighted by atomic mass is 10.1. The van der Waals surface area contributed by atoms with Crippen LogP contribution in [0.15, 0.2) is 41.0 Å². The second kappa shape index (κ2) is 6.39.